The summed E-state index contributed by atoms with van der Waals surface area (Å²) in [4.78, 5) is 21.6. The van der Waals surface area contributed by atoms with Crippen LogP contribution in [0.1, 0.15) is 5.56 Å². The van der Waals surface area contributed by atoms with Gasteiger partial charge in [0.15, 0.2) is 0 Å². The summed E-state index contributed by atoms with van der Waals surface area (Å²) in [5, 5.41) is 12.3. The summed E-state index contributed by atoms with van der Waals surface area (Å²) in [6.45, 7) is 0. The molecule has 0 aliphatic carbocycles. The molecule has 20 heavy (non-hydrogen) atoms. The fourth-order valence-corrected chi connectivity index (χ4v) is 1.90. The molecule has 1 aromatic carbocycles. The summed E-state index contributed by atoms with van der Waals surface area (Å²) in [6.07, 6.45) is -4.55. The Morgan fingerprint density at radius 3 is 2.50 bits per heavy atom. The molecule has 4 nitrogen and oxygen atoms in total. The van der Waals surface area contributed by atoms with Crippen LogP contribution in [0.2, 0.25) is 5.02 Å². The monoisotopic (exact) mass is 326 g/mol. The average Bonchev–Trinajstić information content (AvgIpc) is 2.30. The molecule has 0 unspecified atom stereocenters. The van der Waals surface area contributed by atoms with Crippen molar-refractivity contribution in [2.75, 3.05) is 16.8 Å². The van der Waals surface area contributed by atoms with Crippen molar-refractivity contribution in [2.24, 2.45) is 0 Å². The maximum absolute atomic E-state index is 12.5. The Balaban J connectivity index is 2.71. The maximum atomic E-state index is 12.5. The Morgan fingerprint density at radius 2 is 1.95 bits per heavy atom. The second kappa shape index (κ2) is 6.85. The van der Waals surface area contributed by atoms with Gasteiger partial charge in [0.05, 0.1) is 28.0 Å². The van der Waals surface area contributed by atoms with Crippen molar-refractivity contribution in [2.45, 2.75) is 6.18 Å². The maximum Gasteiger partial charge on any atom is 0.416 e. The molecule has 1 amide bonds. The van der Waals surface area contributed by atoms with Crippen molar-refractivity contribution in [3.8, 4) is 0 Å². The minimum atomic E-state index is -4.55. The lowest BCUT2D eigenvalue weighted by atomic mass is 10.2. The van der Waals surface area contributed by atoms with Crippen LogP contribution < -0.4 is 10.4 Å². The van der Waals surface area contributed by atoms with Crippen molar-refractivity contribution in [1.82, 2.24) is 0 Å². The van der Waals surface area contributed by atoms with E-state index in [1.54, 1.807) is 0 Å². The van der Waals surface area contributed by atoms with Gasteiger partial charge in [0.25, 0.3) is 0 Å². The molecule has 1 N–H and O–H groups in total. The highest BCUT2D eigenvalue weighted by atomic mass is 35.5. The van der Waals surface area contributed by atoms with E-state index in [-0.39, 0.29) is 22.2 Å². The summed E-state index contributed by atoms with van der Waals surface area (Å²) < 4.78 is 37.5. The molecule has 0 spiro atoms. The van der Waals surface area contributed by atoms with Crippen LogP contribution in [0.15, 0.2) is 18.2 Å². The molecular formula is C11H8ClF3NO3S-. The van der Waals surface area contributed by atoms with Crippen LogP contribution in [0.4, 0.5) is 18.9 Å². The standard InChI is InChI=1S/C11H9ClF3NO3S/c12-7-2-1-6(11(13,14)15)3-8(7)16-9(17)4-20-5-10(18)19/h1-3H,4-5H2,(H,16,17)(H,18,19)/p-1. The second-order valence-electron chi connectivity index (χ2n) is 3.61. The van der Waals surface area contributed by atoms with Gasteiger partial charge in [-0.15, -0.1) is 11.8 Å². The number of hydrogen-bond donors (Lipinski definition) is 1. The molecule has 0 fully saturated rings. The normalized spacial score (nSPS) is 11.2. The van der Waals surface area contributed by atoms with Gasteiger partial charge in [-0.25, -0.2) is 0 Å². The molecule has 0 saturated carbocycles. The first kappa shape index (κ1) is 16.6. The number of thioether (sulfide) groups is 1. The van der Waals surface area contributed by atoms with Gasteiger partial charge in [-0.3, -0.25) is 4.79 Å². The fraction of sp³-hybridized carbons (Fsp3) is 0.273. The zero-order valence-electron chi connectivity index (χ0n) is 9.79. The summed E-state index contributed by atoms with van der Waals surface area (Å²) in [5.41, 5.74) is -1.12. The molecule has 110 valence electrons. The third-order valence-electron chi connectivity index (χ3n) is 2.02. The van der Waals surface area contributed by atoms with Crippen LogP contribution in [0.5, 0.6) is 0 Å². The first-order valence-corrected chi connectivity index (χ1v) is 6.67. The minimum absolute atomic E-state index is 0.0451. The number of benzene rings is 1. The lowest BCUT2D eigenvalue weighted by Gasteiger charge is -2.11. The number of halogens is 4. The van der Waals surface area contributed by atoms with Crippen molar-refractivity contribution >= 4 is 40.9 Å². The highest BCUT2D eigenvalue weighted by Gasteiger charge is 2.31. The van der Waals surface area contributed by atoms with Gasteiger partial charge >= 0.3 is 6.18 Å². The Morgan fingerprint density at radius 1 is 1.30 bits per heavy atom. The molecule has 0 saturated heterocycles. The van der Waals surface area contributed by atoms with E-state index in [0.29, 0.717) is 6.07 Å². The van der Waals surface area contributed by atoms with E-state index in [2.05, 4.69) is 5.32 Å². The number of amides is 1. The molecule has 0 radical (unpaired) electrons. The van der Waals surface area contributed by atoms with Crippen LogP contribution in [0, 0.1) is 0 Å². The summed E-state index contributed by atoms with van der Waals surface area (Å²) >= 11 is 6.45. The average molecular weight is 327 g/mol. The van der Waals surface area contributed by atoms with Gasteiger partial charge in [-0.2, -0.15) is 13.2 Å². The zero-order valence-corrected chi connectivity index (χ0v) is 11.4. The lowest BCUT2D eigenvalue weighted by Crippen LogP contribution is -2.25. The number of rotatable bonds is 5. The van der Waals surface area contributed by atoms with E-state index in [1.807, 2.05) is 0 Å². The molecule has 0 bridgehead atoms. The largest absolute Gasteiger partial charge is 0.549 e. The number of anilines is 1. The van der Waals surface area contributed by atoms with E-state index < -0.39 is 23.6 Å². The van der Waals surface area contributed by atoms with Crippen molar-refractivity contribution in [3.05, 3.63) is 28.8 Å². The molecular weight excluding hydrogens is 319 g/mol. The van der Waals surface area contributed by atoms with Crippen molar-refractivity contribution in [3.63, 3.8) is 0 Å². The van der Waals surface area contributed by atoms with Crippen LogP contribution in [-0.2, 0) is 15.8 Å². The van der Waals surface area contributed by atoms with Crippen LogP contribution in [-0.4, -0.2) is 23.4 Å². The molecule has 9 heteroatoms. The van der Waals surface area contributed by atoms with E-state index in [0.717, 1.165) is 23.9 Å². The third kappa shape index (κ3) is 5.30. The Hall–Kier alpha value is -1.41. The molecule has 0 aliphatic heterocycles. The number of aliphatic carboxylic acids is 1. The summed E-state index contributed by atoms with van der Waals surface area (Å²) in [7, 11) is 0. The summed E-state index contributed by atoms with van der Waals surface area (Å²) in [5.74, 6) is -2.61. The Bertz CT molecular complexity index is 522. The van der Waals surface area contributed by atoms with Gasteiger partial charge in [-0.1, -0.05) is 11.6 Å². The molecule has 0 atom stereocenters. The van der Waals surface area contributed by atoms with Gasteiger partial charge < -0.3 is 15.2 Å². The van der Waals surface area contributed by atoms with Gasteiger partial charge in [-0.05, 0) is 18.2 Å². The first-order valence-electron chi connectivity index (χ1n) is 5.14. The highest BCUT2D eigenvalue weighted by molar-refractivity contribution is 8.00. The quantitative estimate of drug-likeness (QED) is 0.895. The Kier molecular flexibility index (Phi) is 5.70. The lowest BCUT2D eigenvalue weighted by molar-refractivity contribution is -0.301. The first-order chi connectivity index (χ1) is 9.20. The number of hydrogen-bond acceptors (Lipinski definition) is 4. The zero-order chi connectivity index (χ0) is 15.3. The van der Waals surface area contributed by atoms with Crippen molar-refractivity contribution in [1.29, 1.82) is 0 Å². The highest BCUT2D eigenvalue weighted by Crippen LogP contribution is 2.33. The molecule has 1 rings (SSSR count). The molecule has 1 aromatic rings. The molecule has 0 aromatic heterocycles. The number of alkyl halides is 3. The number of carbonyl (C=O) groups is 2. The number of carbonyl (C=O) groups excluding carboxylic acids is 2. The van der Waals surface area contributed by atoms with Crippen LogP contribution >= 0.6 is 23.4 Å². The third-order valence-corrected chi connectivity index (χ3v) is 3.26. The van der Waals surface area contributed by atoms with E-state index in [4.69, 9.17) is 11.6 Å². The van der Waals surface area contributed by atoms with Crippen LogP contribution in [0.25, 0.3) is 0 Å². The van der Waals surface area contributed by atoms with E-state index >= 15 is 0 Å². The molecule has 0 heterocycles. The Labute approximate surface area is 121 Å². The topological polar surface area (TPSA) is 69.2 Å². The smallest absolute Gasteiger partial charge is 0.416 e. The van der Waals surface area contributed by atoms with Crippen LogP contribution in [0.3, 0.4) is 0 Å². The number of carboxylic acid groups (broad SMARTS) is 1. The molecule has 0 aliphatic rings. The minimum Gasteiger partial charge on any atom is -0.549 e. The second-order valence-corrected chi connectivity index (χ2v) is 5.00. The predicted octanol–water partition coefficient (Wildman–Crippen LogP) is 1.78. The SMILES string of the molecule is O=C([O-])CSCC(=O)Nc1cc(C(F)(F)F)ccc1Cl. The number of nitrogens with one attached hydrogen (secondary N) is 1. The number of carboxylic acids is 1. The van der Waals surface area contributed by atoms with Gasteiger partial charge in [0.2, 0.25) is 5.91 Å². The van der Waals surface area contributed by atoms with Gasteiger partial charge in [0.1, 0.15) is 0 Å². The van der Waals surface area contributed by atoms with E-state index in [1.165, 1.54) is 0 Å². The predicted molar refractivity (Wildman–Crippen MR) is 67.4 cm³/mol. The van der Waals surface area contributed by atoms with Crippen molar-refractivity contribution < 1.29 is 27.9 Å². The van der Waals surface area contributed by atoms with E-state index in [9.17, 15) is 27.9 Å². The fourth-order valence-electron chi connectivity index (χ4n) is 1.21. The van der Waals surface area contributed by atoms with Gasteiger partial charge in [0, 0.05) is 5.75 Å². The summed E-state index contributed by atoms with van der Waals surface area (Å²) in [6, 6.07) is 2.53.